The highest BCUT2D eigenvalue weighted by atomic mass is 16.6. The molecule has 4 N–H and O–H groups in total. The van der Waals surface area contributed by atoms with Crippen LogP contribution in [0, 0.1) is 10.1 Å². The van der Waals surface area contributed by atoms with Gasteiger partial charge < -0.3 is 25.7 Å². The van der Waals surface area contributed by atoms with Crippen molar-refractivity contribution < 1.29 is 14.5 Å². The molecule has 0 radical (unpaired) electrons. The number of nitro benzene ring substituents is 1. The molecule has 3 heterocycles. The van der Waals surface area contributed by atoms with Crippen LogP contribution in [0.25, 0.3) is 11.6 Å². The van der Waals surface area contributed by atoms with Crippen LogP contribution in [0.15, 0.2) is 24.4 Å². The predicted molar refractivity (Wildman–Crippen MR) is 106 cm³/mol. The number of H-pyrrole nitrogens is 1. The molecule has 9 heteroatoms. The van der Waals surface area contributed by atoms with Gasteiger partial charge in [-0.05, 0) is 31.1 Å². The number of carbonyl (C=O) groups excluding carboxylic acids is 1. The first-order valence-corrected chi connectivity index (χ1v) is 9.06. The van der Waals surface area contributed by atoms with Crippen molar-refractivity contribution in [3.63, 3.8) is 0 Å². The zero-order valence-corrected chi connectivity index (χ0v) is 15.4. The molecule has 2 aliphatic rings. The Kier molecular flexibility index (Phi) is 4.52. The maximum Gasteiger partial charge on any atom is 0.293 e. The number of anilines is 2. The number of carbonyl (C=O) groups is 1. The van der Waals surface area contributed by atoms with Gasteiger partial charge in [0, 0.05) is 37.0 Å². The highest BCUT2D eigenvalue weighted by Crippen LogP contribution is 2.46. The van der Waals surface area contributed by atoms with Gasteiger partial charge in [0.15, 0.2) is 0 Å². The van der Waals surface area contributed by atoms with Crippen LogP contribution in [0.3, 0.4) is 0 Å². The number of nitrogens with two attached hydrogens (primary N) is 1. The van der Waals surface area contributed by atoms with Crippen LogP contribution in [0.1, 0.15) is 24.1 Å². The Bertz CT molecular complexity index is 973. The highest BCUT2D eigenvalue weighted by Gasteiger charge is 2.35. The molecule has 0 atom stereocenters. The summed E-state index contributed by atoms with van der Waals surface area (Å²) in [5.41, 5.74) is 8.55. The molecule has 0 aliphatic carbocycles. The zero-order valence-electron chi connectivity index (χ0n) is 15.4. The Labute approximate surface area is 161 Å². The number of piperidine rings is 1. The number of fused-ring (bicyclic) bond motifs is 1. The number of rotatable bonds is 4. The standard InChI is InChI=1S/C19H21N5O4/c1-28-16-4-7-21-14(16)10-12-17-13(22-19(12)25)2-3-15(24(26)27)18(17)23-8-5-11(20)6-9-23/h2-4,7,10-11,21H,5-6,8-9,20H2,1H3,(H,22,25)/b12-10-. The second kappa shape index (κ2) is 7.01. The summed E-state index contributed by atoms with van der Waals surface area (Å²) in [4.78, 5) is 29.0. The van der Waals surface area contributed by atoms with Crippen LogP contribution < -0.4 is 20.7 Å². The first kappa shape index (κ1) is 18.1. The summed E-state index contributed by atoms with van der Waals surface area (Å²) in [6.07, 6.45) is 4.86. The Morgan fingerprint density at radius 1 is 1.32 bits per heavy atom. The van der Waals surface area contributed by atoms with E-state index in [1.54, 1.807) is 31.5 Å². The van der Waals surface area contributed by atoms with Crippen LogP contribution >= 0.6 is 0 Å². The van der Waals surface area contributed by atoms with E-state index in [1.807, 2.05) is 4.90 Å². The third kappa shape index (κ3) is 2.99. The zero-order chi connectivity index (χ0) is 19.8. The van der Waals surface area contributed by atoms with Crippen LogP contribution in [-0.2, 0) is 4.79 Å². The van der Waals surface area contributed by atoms with Gasteiger partial charge in [-0.1, -0.05) is 0 Å². The first-order chi connectivity index (χ1) is 13.5. The van der Waals surface area contributed by atoms with Crippen LogP contribution in [0.4, 0.5) is 17.1 Å². The third-order valence-corrected chi connectivity index (χ3v) is 5.22. The molecule has 28 heavy (non-hydrogen) atoms. The molecule has 1 amide bonds. The maximum absolute atomic E-state index is 12.7. The number of amides is 1. The van der Waals surface area contributed by atoms with Gasteiger partial charge in [0.05, 0.1) is 29.0 Å². The summed E-state index contributed by atoms with van der Waals surface area (Å²) < 4.78 is 5.30. The summed E-state index contributed by atoms with van der Waals surface area (Å²) in [5.74, 6) is 0.284. The van der Waals surface area contributed by atoms with Gasteiger partial charge in [-0.2, -0.15) is 0 Å². The predicted octanol–water partition coefficient (Wildman–Crippen LogP) is 2.35. The van der Waals surface area contributed by atoms with E-state index in [0.29, 0.717) is 47.0 Å². The largest absolute Gasteiger partial charge is 0.495 e. The third-order valence-electron chi connectivity index (χ3n) is 5.22. The second-order valence-corrected chi connectivity index (χ2v) is 6.91. The normalized spacial score (nSPS) is 18.3. The molecular formula is C19H21N5O4. The van der Waals surface area contributed by atoms with Crippen LogP contribution in [-0.4, -0.2) is 42.1 Å². The van der Waals surface area contributed by atoms with Crippen molar-refractivity contribution >= 4 is 34.6 Å². The maximum atomic E-state index is 12.7. The fourth-order valence-corrected chi connectivity index (χ4v) is 3.79. The summed E-state index contributed by atoms with van der Waals surface area (Å²) in [6.45, 7) is 1.21. The topological polar surface area (TPSA) is 127 Å². The first-order valence-electron chi connectivity index (χ1n) is 9.06. The molecule has 0 spiro atoms. The minimum Gasteiger partial charge on any atom is -0.495 e. The molecule has 2 aromatic rings. The average molecular weight is 383 g/mol. The number of benzene rings is 1. The molecule has 2 aliphatic heterocycles. The molecule has 0 bridgehead atoms. The average Bonchev–Trinajstić information content (AvgIpc) is 3.26. The lowest BCUT2D eigenvalue weighted by atomic mass is 9.98. The lowest BCUT2D eigenvalue weighted by Crippen LogP contribution is -2.40. The van der Waals surface area contributed by atoms with Gasteiger partial charge in [0.25, 0.3) is 11.6 Å². The second-order valence-electron chi connectivity index (χ2n) is 6.91. The fraction of sp³-hybridized carbons (Fsp3) is 0.316. The fourth-order valence-electron chi connectivity index (χ4n) is 3.79. The Morgan fingerprint density at radius 3 is 2.75 bits per heavy atom. The lowest BCUT2D eigenvalue weighted by Gasteiger charge is -2.32. The van der Waals surface area contributed by atoms with E-state index in [0.717, 1.165) is 12.8 Å². The smallest absolute Gasteiger partial charge is 0.293 e. The van der Waals surface area contributed by atoms with E-state index in [1.165, 1.54) is 6.07 Å². The van der Waals surface area contributed by atoms with Crippen LogP contribution in [0.5, 0.6) is 5.75 Å². The Balaban J connectivity index is 1.89. The molecule has 4 rings (SSSR count). The van der Waals surface area contributed by atoms with Gasteiger partial charge in [0.1, 0.15) is 11.4 Å². The summed E-state index contributed by atoms with van der Waals surface area (Å²) >= 11 is 0. The summed E-state index contributed by atoms with van der Waals surface area (Å²) in [6, 6.07) is 4.86. The molecule has 0 unspecified atom stereocenters. The van der Waals surface area contributed by atoms with E-state index in [-0.39, 0.29) is 17.6 Å². The summed E-state index contributed by atoms with van der Waals surface area (Å²) in [5, 5.41) is 14.6. The molecular weight excluding hydrogens is 362 g/mol. The van der Waals surface area contributed by atoms with Crippen molar-refractivity contribution in [2.45, 2.75) is 18.9 Å². The summed E-state index contributed by atoms with van der Waals surface area (Å²) in [7, 11) is 1.54. The minimum atomic E-state index is -0.403. The van der Waals surface area contributed by atoms with E-state index in [4.69, 9.17) is 10.5 Å². The number of ether oxygens (including phenoxy) is 1. The number of methoxy groups -OCH3 is 1. The van der Waals surface area contributed by atoms with Gasteiger partial charge in [-0.25, -0.2) is 0 Å². The van der Waals surface area contributed by atoms with E-state index < -0.39 is 4.92 Å². The van der Waals surface area contributed by atoms with Crippen molar-refractivity contribution in [2.24, 2.45) is 5.73 Å². The Hall–Kier alpha value is -3.33. The van der Waals surface area contributed by atoms with Gasteiger partial charge in [0.2, 0.25) is 0 Å². The lowest BCUT2D eigenvalue weighted by molar-refractivity contribution is -0.384. The number of nitro groups is 1. The van der Waals surface area contributed by atoms with Crippen molar-refractivity contribution in [1.82, 2.24) is 4.98 Å². The molecule has 146 valence electrons. The molecule has 1 aromatic carbocycles. The monoisotopic (exact) mass is 383 g/mol. The minimum absolute atomic E-state index is 0.0185. The molecule has 9 nitrogen and oxygen atoms in total. The molecule has 1 aromatic heterocycles. The molecule has 1 fully saturated rings. The van der Waals surface area contributed by atoms with E-state index in [9.17, 15) is 14.9 Å². The number of aromatic amines is 1. The Morgan fingerprint density at radius 2 is 2.07 bits per heavy atom. The van der Waals surface area contributed by atoms with E-state index >= 15 is 0 Å². The van der Waals surface area contributed by atoms with Crippen LogP contribution in [0.2, 0.25) is 0 Å². The molecule has 1 saturated heterocycles. The van der Waals surface area contributed by atoms with Crippen molar-refractivity contribution in [1.29, 1.82) is 0 Å². The number of hydrogen-bond acceptors (Lipinski definition) is 6. The number of hydrogen-bond donors (Lipinski definition) is 3. The quantitative estimate of drug-likeness (QED) is 0.423. The van der Waals surface area contributed by atoms with Gasteiger partial charge >= 0.3 is 0 Å². The number of aromatic nitrogens is 1. The van der Waals surface area contributed by atoms with Crippen molar-refractivity contribution in [3.8, 4) is 5.75 Å². The molecule has 0 saturated carbocycles. The SMILES string of the molecule is COc1cc[nH]c1/C=C1\C(=O)Nc2ccc([N+](=O)[O-])c(N3CCC(N)CC3)c21. The van der Waals surface area contributed by atoms with E-state index in [2.05, 4.69) is 10.3 Å². The number of nitrogens with one attached hydrogen (secondary N) is 2. The number of nitrogens with zero attached hydrogens (tertiary/aromatic N) is 2. The highest BCUT2D eigenvalue weighted by molar-refractivity contribution is 6.36. The van der Waals surface area contributed by atoms with Gasteiger partial charge in [-0.15, -0.1) is 0 Å². The van der Waals surface area contributed by atoms with Crippen molar-refractivity contribution in [3.05, 3.63) is 45.8 Å². The van der Waals surface area contributed by atoms with Crippen molar-refractivity contribution in [2.75, 3.05) is 30.4 Å². The van der Waals surface area contributed by atoms with Gasteiger partial charge in [-0.3, -0.25) is 14.9 Å².